The fraction of sp³-hybridized carbons (Fsp3) is 0.500. The third-order valence-electron chi connectivity index (χ3n) is 4.00. The van der Waals surface area contributed by atoms with Crippen LogP contribution in [0.15, 0.2) is 12.1 Å². The molecule has 5 nitrogen and oxygen atoms in total. The lowest BCUT2D eigenvalue weighted by molar-refractivity contribution is -0.116. The number of aryl methyl sites for hydroxylation is 1. The number of carbonyl (C=O) groups is 1. The first-order valence-electron chi connectivity index (χ1n) is 7.02. The molecule has 1 aromatic carbocycles. The SMILES string of the molecule is O=C1CCc2cc(F)c(NC3CCS(=O)(=O)CC3)cc2N1. The number of hydrogen-bond donors (Lipinski definition) is 2. The monoisotopic (exact) mass is 312 g/mol. The van der Waals surface area contributed by atoms with Gasteiger partial charge in [-0.25, -0.2) is 12.8 Å². The first-order valence-corrected chi connectivity index (χ1v) is 8.84. The molecule has 1 aromatic rings. The summed E-state index contributed by atoms with van der Waals surface area (Å²) in [5.41, 5.74) is 1.75. The van der Waals surface area contributed by atoms with Crippen molar-refractivity contribution in [1.82, 2.24) is 0 Å². The molecule has 0 saturated carbocycles. The zero-order chi connectivity index (χ0) is 15.0. The van der Waals surface area contributed by atoms with E-state index in [0.717, 1.165) is 5.56 Å². The van der Waals surface area contributed by atoms with Crippen LogP contribution in [-0.4, -0.2) is 31.9 Å². The highest BCUT2D eigenvalue weighted by Gasteiger charge is 2.25. The van der Waals surface area contributed by atoms with Gasteiger partial charge in [-0.1, -0.05) is 0 Å². The molecule has 1 fully saturated rings. The molecule has 0 unspecified atom stereocenters. The third-order valence-corrected chi connectivity index (χ3v) is 5.72. The molecular formula is C14H17FN2O3S. The van der Waals surface area contributed by atoms with E-state index in [9.17, 15) is 17.6 Å². The van der Waals surface area contributed by atoms with E-state index in [-0.39, 0.29) is 29.3 Å². The van der Waals surface area contributed by atoms with Gasteiger partial charge in [0.15, 0.2) is 0 Å². The Hall–Kier alpha value is -1.63. The van der Waals surface area contributed by atoms with Crippen molar-refractivity contribution in [2.75, 3.05) is 22.1 Å². The molecule has 2 heterocycles. The molecule has 1 saturated heterocycles. The number of fused-ring (bicyclic) bond motifs is 1. The van der Waals surface area contributed by atoms with Gasteiger partial charge in [0.1, 0.15) is 15.7 Å². The maximum absolute atomic E-state index is 14.1. The third kappa shape index (κ3) is 3.18. The Morgan fingerprint density at radius 2 is 1.90 bits per heavy atom. The number of nitrogens with one attached hydrogen (secondary N) is 2. The van der Waals surface area contributed by atoms with E-state index in [1.54, 1.807) is 6.07 Å². The summed E-state index contributed by atoms with van der Waals surface area (Å²) in [6, 6.07) is 2.99. The summed E-state index contributed by atoms with van der Waals surface area (Å²) < 4.78 is 36.9. The number of rotatable bonds is 2. The van der Waals surface area contributed by atoms with Crippen molar-refractivity contribution in [3.63, 3.8) is 0 Å². The van der Waals surface area contributed by atoms with Crippen LogP contribution in [0.5, 0.6) is 0 Å². The van der Waals surface area contributed by atoms with Gasteiger partial charge in [0.05, 0.1) is 17.2 Å². The van der Waals surface area contributed by atoms with Crippen LogP contribution in [0, 0.1) is 5.82 Å². The molecule has 1 amide bonds. The van der Waals surface area contributed by atoms with Crippen LogP contribution in [-0.2, 0) is 21.1 Å². The van der Waals surface area contributed by atoms with Crippen molar-refractivity contribution < 1.29 is 17.6 Å². The van der Waals surface area contributed by atoms with E-state index in [4.69, 9.17) is 0 Å². The van der Waals surface area contributed by atoms with Gasteiger partial charge in [0.2, 0.25) is 5.91 Å². The zero-order valence-corrected chi connectivity index (χ0v) is 12.3. The Kier molecular flexibility index (Phi) is 3.61. The molecule has 0 bridgehead atoms. The minimum absolute atomic E-state index is 0.0552. The number of benzene rings is 1. The second kappa shape index (κ2) is 5.29. The fourth-order valence-electron chi connectivity index (χ4n) is 2.76. The van der Waals surface area contributed by atoms with E-state index < -0.39 is 9.84 Å². The van der Waals surface area contributed by atoms with Crippen molar-refractivity contribution in [2.45, 2.75) is 31.7 Å². The van der Waals surface area contributed by atoms with E-state index in [0.29, 0.717) is 37.1 Å². The summed E-state index contributed by atoms with van der Waals surface area (Å²) in [5, 5.41) is 5.80. The first-order chi connectivity index (χ1) is 9.93. The van der Waals surface area contributed by atoms with Crippen LogP contribution in [0.2, 0.25) is 0 Å². The van der Waals surface area contributed by atoms with Gasteiger partial charge in [0, 0.05) is 18.2 Å². The van der Waals surface area contributed by atoms with Crippen molar-refractivity contribution in [3.05, 3.63) is 23.5 Å². The molecule has 7 heteroatoms. The molecule has 0 aromatic heterocycles. The van der Waals surface area contributed by atoms with E-state index in [1.807, 2.05) is 0 Å². The molecule has 3 rings (SSSR count). The summed E-state index contributed by atoms with van der Waals surface area (Å²) in [7, 11) is -2.93. The van der Waals surface area contributed by atoms with Crippen molar-refractivity contribution in [1.29, 1.82) is 0 Å². The second-order valence-electron chi connectivity index (χ2n) is 5.61. The lowest BCUT2D eigenvalue weighted by atomic mass is 10.0. The van der Waals surface area contributed by atoms with Crippen LogP contribution >= 0.6 is 0 Å². The Bertz CT molecular complexity index is 674. The molecule has 2 N–H and O–H groups in total. The molecule has 0 atom stereocenters. The molecule has 0 spiro atoms. The zero-order valence-electron chi connectivity index (χ0n) is 11.5. The van der Waals surface area contributed by atoms with Crippen molar-refractivity contribution in [3.8, 4) is 0 Å². The van der Waals surface area contributed by atoms with Crippen LogP contribution in [0.4, 0.5) is 15.8 Å². The molecule has 114 valence electrons. The Labute approximate surface area is 122 Å². The standard InChI is InChI=1S/C14H17FN2O3S/c15-11-7-9-1-2-14(18)17-12(9)8-13(11)16-10-3-5-21(19,20)6-4-10/h7-8,10,16H,1-6H2,(H,17,18). The average Bonchev–Trinajstić information content (AvgIpc) is 2.42. The van der Waals surface area contributed by atoms with E-state index in [2.05, 4.69) is 10.6 Å². The number of carbonyl (C=O) groups excluding carboxylic acids is 1. The first kappa shape index (κ1) is 14.3. The number of amides is 1. The summed E-state index contributed by atoms with van der Waals surface area (Å²) in [6.07, 6.45) is 1.87. The van der Waals surface area contributed by atoms with E-state index in [1.165, 1.54) is 6.07 Å². The Morgan fingerprint density at radius 1 is 1.19 bits per heavy atom. The second-order valence-corrected chi connectivity index (χ2v) is 7.91. The minimum Gasteiger partial charge on any atom is -0.380 e. The van der Waals surface area contributed by atoms with Crippen LogP contribution in [0.3, 0.4) is 0 Å². The smallest absolute Gasteiger partial charge is 0.224 e. The molecule has 0 radical (unpaired) electrons. The number of halogens is 1. The van der Waals surface area contributed by atoms with Crippen LogP contribution in [0.1, 0.15) is 24.8 Å². The van der Waals surface area contributed by atoms with Crippen molar-refractivity contribution >= 4 is 27.1 Å². The molecule has 21 heavy (non-hydrogen) atoms. The summed E-state index contributed by atoms with van der Waals surface area (Å²) >= 11 is 0. The van der Waals surface area contributed by atoms with Crippen molar-refractivity contribution in [2.24, 2.45) is 0 Å². The van der Waals surface area contributed by atoms with Gasteiger partial charge in [-0.2, -0.15) is 0 Å². The van der Waals surface area contributed by atoms with Crippen LogP contribution in [0.25, 0.3) is 0 Å². The summed E-state index contributed by atoms with van der Waals surface area (Å²) in [5.74, 6) is -0.163. The lowest BCUT2D eigenvalue weighted by Crippen LogP contribution is -2.32. The molecule has 2 aliphatic rings. The highest BCUT2D eigenvalue weighted by atomic mass is 32.2. The largest absolute Gasteiger partial charge is 0.380 e. The molecule has 0 aliphatic carbocycles. The average molecular weight is 312 g/mol. The number of anilines is 2. The number of hydrogen-bond acceptors (Lipinski definition) is 4. The minimum atomic E-state index is -2.93. The van der Waals surface area contributed by atoms with Gasteiger partial charge in [-0.05, 0) is 37.0 Å². The fourth-order valence-corrected chi connectivity index (χ4v) is 4.25. The topological polar surface area (TPSA) is 75.3 Å². The van der Waals surface area contributed by atoms with Crippen LogP contribution < -0.4 is 10.6 Å². The highest BCUT2D eigenvalue weighted by molar-refractivity contribution is 7.91. The maximum atomic E-state index is 14.1. The Morgan fingerprint density at radius 3 is 2.62 bits per heavy atom. The van der Waals surface area contributed by atoms with Gasteiger partial charge in [-0.15, -0.1) is 0 Å². The quantitative estimate of drug-likeness (QED) is 0.871. The maximum Gasteiger partial charge on any atom is 0.224 e. The van der Waals surface area contributed by atoms with Gasteiger partial charge < -0.3 is 10.6 Å². The predicted molar refractivity (Wildman–Crippen MR) is 78.6 cm³/mol. The van der Waals surface area contributed by atoms with E-state index >= 15 is 0 Å². The molecular weight excluding hydrogens is 295 g/mol. The highest BCUT2D eigenvalue weighted by Crippen LogP contribution is 2.30. The lowest BCUT2D eigenvalue weighted by Gasteiger charge is -2.25. The normalized spacial score (nSPS) is 21.5. The predicted octanol–water partition coefficient (Wildman–Crippen LogP) is 1.70. The summed E-state index contributed by atoms with van der Waals surface area (Å²) in [6.45, 7) is 0. The van der Waals surface area contributed by atoms with Gasteiger partial charge >= 0.3 is 0 Å². The van der Waals surface area contributed by atoms with Gasteiger partial charge in [0.25, 0.3) is 0 Å². The summed E-state index contributed by atoms with van der Waals surface area (Å²) in [4.78, 5) is 11.4. The Balaban J connectivity index is 1.77. The van der Waals surface area contributed by atoms with Gasteiger partial charge in [-0.3, -0.25) is 4.79 Å². The molecule has 2 aliphatic heterocycles. The number of sulfone groups is 1.